The van der Waals surface area contributed by atoms with Gasteiger partial charge in [-0.05, 0) is 191 Å². The summed E-state index contributed by atoms with van der Waals surface area (Å²) in [7, 11) is 3.06. The van der Waals surface area contributed by atoms with Gasteiger partial charge in [-0.25, -0.2) is 44.8 Å². The Balaban J connectivity index is 0.000000147. The molecule has 4 fully saturated rings. The predicted molar refractivity (Wildman–Crippen MR) is 577 cm³/mol. The van der Waals surface area contributed by atoms with Crippen molar-refractivity contribution in [2.75, 3.05) is 72.0 Å². The lowest BCUT2D eigenvalue weighted by Crippen LogP contribution is -2.31. The number of halogens is 1. The van der Waals surface area contributed by atoms with E-state index in [-0.39, 0.29) is 57.3 Å². The molecular weight excluding hydrogens is 1850 g/mol. The van der Waals surface area contributed by atoms with E-state index in [2.05, 4.69) is 119 Å². The number of benzene rings is 4. The minimum Gasteiger partial charge on any atom is -0.497 e. The Morgan fingerprint density at radius 3 is 1.73 bits per heavy atom. The molecule has 4 aliphatic rings. The Kier molecular flexibility index (Phi) is 37.2. The van der Waals surface area contributed by atoms with E-state index in [1.165, 1.54) is 125 Å². The fourth-order valence-electron chi connectivity index (χ4n) is 20.3. The maximum atomic E-state index is 13.1. The molecule has 4 aromatic carbocycles. The van der Waals surface area contributed by atoms with E-state index >= 15 is 0 Å². The van der Waals surface area contributed by atoms with Crippen LogP contribution < -0.4 is 31.3 Å². The highest BCUT2D eigenvalue weighted by Gasteiger charge is 2.33. The topological polar surface area (TPSA) is 343 Å². The molecule has 18 rings (SSSR count). The van der Waals surface area contributed by atoms with Crippen LogP contribution in [0.1, 0.15) is 293 Å². The van der Waals surface area contributed by atoms with E-state index < -0.39 is 10.8 Å². The third-order valence-electron chi connectivity index (χ3n) is 28.4. The van der Waals surface area contributed by atoms with Crippen molar-refractivity contribution < 1.29 is 47.9 Å². The molecule has 0 radical (unpaired) electrons. The minimum atomic E-state index is -0.557. The molecule has 0 spiro atoms. The van der Waals surface area contributed by atoms with E-state index in [1.807, 2.05) is 151 Å². The third-order valence-corrected chi connectivity index (χ3v) is 28.4. The standard InChI is InChI=1S/C29H32N6O4.C23H35N3O.C22H32N4O3.C22H34N4O.C20H16FN3O/c1-39-25-11-10-21(15-24(25)35(37)38)27-28(32-23-8-3-2-4-9-23)34-13-12-22(16-26(34)33-27)29(36)31-18-20-7-5-6-19(14-20)17-30;1-6-25(7-2)22(27)18-13-14-26-19(15-17-11-9-8-10-12-17)21(23(3,4)5)24-20(26)16-18;1-5-25(13-17-9-11-29-15-17)14-18-21(22(2,3)4)23-19-12-16(8-10-26(18)19)6-7-20(27)24-28;1-6-25(7-2)21(27)17-14-19-24-20(22(3,4)5)18(26(19)15-23-17)13-16-11-9-8-10-12-16;1-25-19-8-2-14(3-9-19)10-18-12-23-20-22-11-16(13-24(18)20)15-4-6-17(21)7-5-15/h5-7,10-16,23,32H,2-4,8-9,17-18,30H2,1H3,(H,31,36);13-14,16-17H,6-12,15H2,1-5H3;6-8,10,12,17,28H,5,9,11,13-15H2,1-4H3,(H,24,27);14-16H,6-13H2,1-5H3;2-9,11-13H,10H2,1H3/b;;7-6+;;. The summed E-state index contributed by atoms with van der Waals surface area (Å²) in [4.78, 5) is 100. The normalized spacial score (nSPS) is 14.9. The smallest absolute Gasteiger partial charge is 0.311 e. The van der Waals surface area contributed by atoms with E-state index in [1.54, 1.807) is 66.2 Å². The monoisotopic (exact) mass is 2000 g/mol. The van der Waals surface area contributed by atoms with E-state index in [4.69, 9.17) is 45.1 Å². The first-order valence-electron chi connectivity index (χ1n) is 52.5. The number of fused-ring (bicyclic) bond motifs is 5. The number of nitro benzene ring substituents is 1. The molecule has 6 N–H and O–H groups in total. The second-order valence-electron chi connectivity index (χ2n) is 42.1. The number of nitrogens with one attached hydrogen (secondary N) is 3. The number of hydroxylamine groups is 1. The highest BCUT2D eigenvalue weighted by atomic mass is 19.1. The van der Waals surface area contributed by atoms with Crippen LogP contribution in [0.5, 0.6) is 11.5 Å². The molecule has 10 aromatic heterocycles. The summed E-state index contributed by atoms with van der Waals surface area (Å²) in [5, 5.41) is 26.9. The number of anilines is 1. The number of nitrogens with zero attached hydrogens (tertiary/aromatic N) is 16. The molecule has 147 heavy (non-hydrogen) atoms. The van der Waals surface area contributed by atoms with Gasteiger partial charge in [0.2, 0.25) is 5.78 Å². The molecule has 31 heteroatoms. The van der Waals surface area contributed by atoms with Gasteiger partial charge in [0, 0.05) is 176 Å². The van der Waals surface area contributed by atoms with Crippen molar-refractivity contribution in [2.45, 2.75) is 261 Å². The number of aromatic nitrogens is 12. The van der Waals surface area contributed by atoms with Gasteiger partial charge in [-0.3, -0.25) is 52.6 Å². The maximum absolute atomic E-state index is 13.1. The Morgan fingerprint density at radius 2 is 1.13 bits per heavy atom. The lowest BCUT2D eigenvalue weighted by Gasteiger charge is -2.25. The van der Waals surface area contributed by atoms with Crippen LogP contribution in [0.3, 0.4) is 0 Å². The van der Waals surface area contributed by atoms with Gasteiger partial charge in [0.15, 0.2) is 5.75 Å². The number of carbonyl (C=O) groups excluding carboxylic acids is 4. The molecule has 3 aliphatic carbocycles. The number of hydrogen-bond donors (Lipinski definition) is 5. The van der Waals surface area contributed by atoms with Gasteiger partial charge in [0.1, 0.15) is 57.7 Å². The van der Waals surface area contributed by atoms with Crippen LogP contribution in [0.2, 0.25) is 0 Å². The average Bonchev–Trinajstić information content (AvgIpc) is 1.63. The summed E-state index contributed by atoms with van der Waals surface area (Å²) in [5.41, 5.74) is 27.2. The molecule has 30 nitrogen and oxygen atoms in total. The van der Waals surface area contributed by atoms with Gasteiger partial charge in [0.05, 0.1) is 54.7 Å². The van der Waals surface area contributed by atoms with Gasteiger partial charge >= 0.3 is 5.69 Å². The molecule has 0 bridgehead atoms. The van der Waals surface area contributed by atoms with Gasteiger partial charge in [0.25, 0.3) is 23.6 Å². The second-order valence-corrected chi connectivity index (χ2v) is 42.1. The zero-order valence-corrected chi connectivity index (χ0v) is 88.7. The largest absolute Gasteiger partial charge is 0.497 e. The first kappa shape index (κ1) is 109. The molecule has 14 aromatic rings. The quantitative estimate of drug-likeness (QED) is 0.0121. The Bertz CT molecular complexity index is 6710. The van der Waals surface area contributed by atoms with Gasteiger partial charge in [-0.2, -0.15) is 0 Å². The number of pyridine rings is 3. The van der Waals surface area contributed by atoms with Crippen molar-refractivity contribution in [3.8, 4) is 33.9 Å². The average molecular weight is 2000 g/mol. The van der Waals surface area contributed by atoms with Crippen molar-refractivity contribution >= 4 is 69.6 Å². The van der Waals surface area contributed by atoms with Crippen molar-refractivity contribution in [3.63, 3.8) is 0 Å². The summed E-state index contributed by atoms with van der Waals surface area (Å²) < 4.78 is 39.4. The molecule has 1 unspecified atom stereocenters. The number of nitrogens with two attached hydrogens (primary N) is 1. The Hall–Kier alpha value is -13.6. The fourth-order valence-corrected chi connectivity index (χ4v) is 20.3. The number of nitro groups is 1. The Labute approximate surface area is 863 Å². The van der Waals surface area contributed by atoms with Crippen LogP contribution >= 0.6 is 0 Å². The van der Waals surface area contributed by atoms with Crippen molar-refractivity contribution in [2.24, 2.45) is 23.5 Å². The first-order chi connectivity index (χ1) is 70.7. The van der Waals surface area contributed by atoms with Gasteiger partial charge in [-0.1, -0.05) is 201 Å². The molecule has 11 heterocycles. The van der Waals surface area contributed by atoms with Crippen LogP contribution in [-0.4, -0.2) is 178 Å². The zero-order valence-electron chi connectivity index (χ0n) is 88.7. The number of hydrogen-bond acceptors (Lipinski definition) is 20. The molecule has 4 amide bonds. The lowest BCUT2D eigenvalue weighted by atomic mass is 9.83. The van der Waals surface area contributed by atoms with Crippen molar-refractivity contribution in [3.05, 3.63) is 278 Å². The molecule has 1 saturated heterocycles. The molecule has 3 saturated carbocycles. The van der Waals surface area contributed by atoms with E-state index in [0.717, 1.165) is 194 Å². The fraction of sp³-hybridized carbons (Fsp3) is 0.457. The maximum Gasteiger partial charge on any atom is 0.311 e. The summed E-state index contributed by atoms with van der Waals surface area (Å²) >= 11 is 0. The first-order valence-corrected chi connectivity index (χ1v) is 52.5. The molecular formula is C116H149FN20O10. The second kappa shape index (κ2) is 50.2. The molecule has 780 valence electrons. The summed E-state index contributed by atoms with van der Waals surface area (Å²) in [6.07, 6.45) is 39.3. The van der Waals surface area contributed by atoms with Crippen molar-refractivity contribution in [1.29, 1.82) is 0 Å². The summed E-state index contributed by atoms with van der Waals surface area (Å²) in [5.74, 6) is 3.56. The number of imidazole rings is 5. The van der Waals surface area contributed by atoms with Crippen LogP contribution in [0, 0.1) is 33.7 Å². The predicted octanol–water partition coefficient (Wildman–Crippen LogP) is 22.1. The highest BCUT2D eigenvalue weighted by molar-refractivity contribution is 5.96. The number of amides is 4. The van der Waals surface area contributed by atoms with Crippen molar-refractivity contribution in [1.82, 2.24) is 82.4 Å². The molecule has 1 atom stereocenters. The van der Waals surface area contributed by atoms with Gasteiger partial charge in [-0.15, -0.1) is 0 Å². The SMILES string of the molecule is CCN(CC)C(=O)c1cc2nc(C(C)(C)C)c(CC3CCCCC3)n2cn1.CCN(CC)C(=O)c1ccn2c(CC3CCCCC3)c(C(C)(C)C)nc2c1.CCN(Cc1c(C(C)(C)C)nc2cc(/C=C/C(=O)NO)ccn12)CC1CCOC1.COc1ccc(-c2nc3cc(C(=O)NCc4cccc(CN)c4)ccn3c2NC2CCCCC2)cc1[N+](=O)[O-].COc1ccc(Cc2cnc3ncc(-c4ccc(F)cc4)cn23)cc1. The minimum absolute atomic E-state index is 0.000928. The van der Waals surface area contributed by atoms with Crippen LogP contribution in [-0.2, 0) is 64.7 Å². The van der Waals surface area contributed by atoms with Crippen LogP contribution in [0.4, 0.5) is 15.9 Å². The van der Waals surface area contributed by atoms with Gasteiger partial charge < -0.3 is 49.2 Å². The Morgan fingerprint density at radius 1 is 0.565 bits per heavy atom. The van der Waals surface area contributed by atoms with E-state index in [0.29, 0.717) is 66.0 Å². The zero-order chi connectivity index (χ0) is 105. The number of rotatable bonds is 30. The third kappa shape index (κ3) is 27.8. The number of carbonyl (C=O) groups is 4. The highest BCUT2D eigenvalue weighted by Crippen LogP contribution is 2.40. The molecule has 1 aliphatic heterocycles. The lowest BCUT2D eigenvalue weighted by molar-refractivity contribution is -0.385. The summed E-state index contributed by atoms with van der Waals surface area (Å²) in [6.45, 7) is 38.4. The number of ether oxygens (including phenoxy) is 3. The van der Waals surface area contributed by atoms with Crippen LogP contribution in [0.25, 0.3) is 56.8 Å². The summed E-state index contributed by atoms with van der Waals surface area (Å²) in [6, 6.07) is 40.5. The van der Waals surface area contributed by atoms with Crippen LogP contribution in [0.15, 0.2) is 183 Å². The van der Waals surface area contributed by atoms with E-state index in [9.17, 15) is 33.7 Å². The number of methoxy groups -OCH3 is 2.